The van der Waals surface area contributed by atoms with Crippen LogP contribution in [0.1, 0.15) is 37.5 Å². The number of carbonyl (C=O) groups is 1. The van der Waals surface area contributed by atoms with E-state index >= 15 is 0 Å². The third-order valence-electron chi connectivity index (χ3n) is 3.38. The average molecular weight is 248 g/mol. The predicted octanol–water partition coefficient (Wildman–Crippen LogP) is 3.02. The quantitative estimate of drug-likeness (QED) is 0.771. The monoisotopic (exact) mass is 248 g/mol. The number of hydrogen-bond donors (Lipinski definition) is 0. The van der Waals surface area contributed by atoms with Gasteiger partial charge in [0.05, 0.1) is 12.7 Å². The standard InChI is InChI=1S/C15H20O3/c1-11-6-4-5-7-13(11)14-12(8-9-16)10-17-15(2,3)18-14/h4-7,9,12,14H,8,10H2,1-3H3/t12-,14+/m1/s1. The van der Waals surface area contributed by atoms with Crippen molar-refractivity contribution >= 4 is 6.29 Å². The highest BCUT2D eigenvalue weighted by Crippen LogP contribution is 2.38. The fourth-order valence-electron chi connectivity index (χ4n) is 2.37. The Labute approximate surface area is 108 Å². The van der Waals surface area contributed by atoms with E-state index in [1.165, 1.54) is 5.56 Å². The van der Waals surface area contributed by atoms with Crippen LogP contribution in [0.2, 0.25) is 0 Å². The Morgan fingerprint density at radius 1 is 1.39 bits per heavy atom. The largest absolute Gasteiger partial charge is 0.350 e. The van der Waals surface area contributed by atoms with E-state index in [4.69, 9.17) is 9.47 Å². The van der Waals surface area contributed by atoms with Gasteiger partial charge in [-0.2, -0.15) is 0 Å². The lowest BCUT2D eigenvalue weighted by atomic mass is 9.90. The van der Waals surface area contributed by atoms with Crippen molar-refractivity contribution in [3.05, 3.63) is 35.4 Å². The Hall–Kier alpha value is -1.19. The summed E-state index contributed by atoms with van der Waals surface area (Å²) in [5.41, 5.74) is 2.34. The molecule has 0 spiro atoms. The molecule has 0 radical (unpaired) electrons. The van der Waals surface area contributed by atoms with Gasteiger partial charge < -0.3 is 14.3 Å². The molecule has 0 saturated carbocycles. The molecule has 1 aliphatic heterocycles. The summed E-state index contributed by atoms with van der Waals surface area (Å²) in [6.07, 6.45) is 1.34. The van der Waals surface area contributed by atoms with Crippen LogP contribution in [0.25, 0.3) is 0 Å². The predicted molar refractivity (Wildman–Crippen MR) is 69.2 cm³/mol. The summed E-state index contributed by atoms with van der Waals surface area (Å²) in [5, 5.41) is 0. The molecule has 18 heavy (non-hydrogen) atoms. The Balaban J connectivity index is 2.30. The highest BCUT2D eigenvalue weighted by atomic mass is 16.7. The lowest BCUT2D eigenvalue weighted by molar-refractivity contribution is -0.295. The highest BCUT2D eigenvalue weighted by Gasteiger charge is 2.37. The molecule has 1 aromatic rings. The van der Waals surface area contributed by atoms with E-state index in [2.05, 4.69) is 19.1 Å². The second-order valence-corrected chi connectivity index (χ2v) is 5.27. The number of aryl methyl sites for hydroxylation is 1. The van der Waals surface area contributed by atoms with E-state index < -0.39 is 5.79 Å². The van der Waals surface area contributed by atoms with Gasteiger partial charge in [-0.05, 0) is 31.9 Å². The summed E-state index contributed by atoms with van der Waals surface area (Å²) in [6.45, 7) is 6.45. The molecule has 3 nitrogen and oxygen atoms in total. The van der Waals surface area contributed by atoms with E-state index in [1.54, 1.807) is 0 Å². The number of ether oxygens (including phenoxy) is 2. The molecular weight excluding hydrogens is 228 g/mol. The van der Waals surface area contributed by atoms with Crippen LogP contribution in [-0.2, 0) is 14.3 Å². The molecule has 1 fully saturated rings. The molecule has 0 aliphatic carbocycles. The molecule has 0 amide bonds. The third-order valence-corrected chi connectivity index (χ3v) is 3.38. The van der Waals surface area contributed by atoms with Crippen molar-refractivity contribution in [2.45, 2.75) is 39.1 Å². The zero-order valence-corrected chi connectivity index (χ0v) is 11.2. The maximum absolute atomic E-state index is 10.8. The van der Waals surface area contributed by atoms with Crippen LogP contribution < -0.4 is 0 Å². The van der Waals surface area contributed by atoms with Gasteiger partial charge >= 0.3 is 0 Å². The molecule has 0 unspecified atom stereocenters. The number of rotatable bonds is 3. The molecule has 0 bridgehead atoms. The number of carbonyl (C=O) groups excluding carboxylic acids is 1. The zero-order chi connectivity index (χ0) is 13.2. The van der Waals surface area contributed by atoms with Gasteiger partial charge in [-0.15, -0.1) is 0 Å². The van der Waals surface area contributed by atoms with Crippen LogP contribution in [0.4, 0.5) is 0 Å². The number of benzene rings is 1. The van der Waals surface area contributed by atoms with Gasteiger partial charge in [-0.3, -0.25) is 0 Å². The van der Waals surface area contributed by atoms with Crippen molar-refractivity contribution in [2.24, 2.45) is 5.92 Å². The maximum atomic E-state index is 10.8. The maximum Gasteiger partial charge on any atom is 0.163 e. The van der Waals surface area contributed by atoms with Gasteiger partial charge in [0.1, 0.15) is 6.29 Å². The first-order valence-electron chi connectivity index (χ1n) is 6.34. The highest BCUT2D eigenvalue weighted by molar-refractivity contribution is 5.50. The lowest BCUT2D eigenvalue weighted by Gasteiger charge is -2.41. The Bertz CT molecular complexity index is 426. The van der Waals surface area contributed by atoms with Crippen molar-refractivity contribution in [1.29, 1.82) is 0 Å². The zero-order valence-electron chi connectivity index (χ0n) is 11.2. The Morgan fingerprint density at radius 3 is 2.78 bits per heavy atom. The van der Waals surface area contributed by atoms with E-state index in [-0.39, 0.29) is 12.0 Å². The van der Waals surface area contributed by atoms with Crippen LogP contribution in [0.15, 0.2) is 24.3 Å². The van der Waals surface area contributed by atoms with Crippen LogP contribution in [-0.4, -0.2) is 18.7 Å². The lowest BCUT2D eigenvalue weighted by Crippen LogP contribution is -2.41. The summed E-state index contributed by atoms with van der Waals surface area (Å²) in [4.78, 5) is 10.8. The minimum Gasteiger partial charge on any atom is -0.350 e. The van der Waals surface area contributed by atoms with Gasteiger partial charge in [0, 0.05) is 12.3 Å². The molecule has 1 aliphatic rings. The first-order valence-corrected chi connectivity index (χ1v) is 6.34. The summed E-state index contributed by atoms with van der Waals surface area (Å²) in [5.74, 6) is -0.497. The van der Waals surface area contributed by atoms with Crippen molar-refractivity contribution in [1.82, 2.24) is 0 Å². The molecule has 0 N–H and O–H groups in total. The Kier molecular flexibility index (Phi) is 3.83. The summed E-state index contributed by atoms with van der Waals surface area (Å²) in [7, 11) is 0. The molecule has 2 atom stereocenters. The van der Waals surface area contributed by atoms with Gasteiger partial charge in [0.25, 0.3) is 0 Å². The molecule has 0 aromatic heterocycles. The Morgan fingerprint density at radius 2 is 2.11 bits per heavy atom. The minimum absolute atomic E-state index is 0.0693. The molecule has 1 heterocycles. The second-order valence-electron chi connectivity index (χ2n) is 5.27. The van der Waals surface area contributed by atoms with Crippen molar-refractivity contribution in [3.63, 3.8) is 0 Å². The van der Waals surface area contributed by atoms with Crippen molar-refractivity contribution in [3.8, 4) is 0 Å². The smallest absolute Gasteiger partial charge is 0.163 e. The van der Waals surface area contributed by atoms with E-state index in [0.717, 1.165) is 11.8 Å². The normalized spacial score (nSPS) is 26.8. The first kappa shape index (κ1) is 13.2. The average Bonchev–Trinajstić information content (AvgIpc) is 2.32. The fraction of sp³-hybridized carbons (Fsp3) is 0.533. The molecule has 3 heteroatoms. The summed E-state index contributed by atoms with van der Waals surface area (Å²) >= 11 is 0. The molecule has 1 aromatic carbocycles. The summed E-state index contributed by atoms with van der Waals surface area (Å²) in [6, 6.07) is 8.16. The number of hydrogen-bond acceptors (Lipinski definition) is 3. The molecule has 98 valence electrons. The molecular formula is C15H20O3. The van der Waals surface area contributed by atoms with Crippen LogP contribution in [0.3, 0.4) is 0 Å². The van der Waals surface area contributed by atoms with Crippen LogP contribution in [0, 0.1) is 12.8 Å². The van der Waals surface area contributed by atoms with Gasteiger partial charge in [0.15, 0.2) is 5.79 Å². The van der Waals surface area contributed by atoms with Crippen molar-refractivity contribution in [2.75, 3.05) is 6.61 Å². The van der Waals surface area contributed by atoms with Gasteiger partial charge in [0.2, 0.25) is 0 Å². The second kappa shape index (κ2) is 5.21. The molecule has 1 saturated heterocycles. The first-order chi connectivity index (χ1) is 8.53. The SMILES string of the molecule is Cc1ccccc1[C@H]1OC(C)(C)OC[C@H]1CC=O. The number of aldehydes is 1. The van der Waals surface area contributed by atoms with Crippen molar-refractivity contribution < 1.29 is 14.3 Å². The fourth-order valence-corrected chi connectivity index (χ4v) is 2.37. The third kappa shape index (κ3) is 2.79. The molecule has 2 rings (SSSR count). The van der Waals surface area contributed by atoms with Crippen LogP contribution >= 0.6 is 0 Å². The van der Waals surface area contributed by atoms with Crippen LogP contribution in [0.5, 0.6) is 0 Å². The van der Waals surface area contributed by atoms with E-state index in [1.807, 2.05) is 26.0 Å². The summed E-state index contributed by atoms with van der Waals surface area (Å²) < 4.78 is 11.7. The van der Waals surface area contributed by atoms with Gasteiger partial charge in [-0.25, -0.2) is 0 Å². The van der Waals surface area contributed by atoms with E-state index in [9.17, 15) is 4.79 Å². The van der Waals surface area contributed by atoms with Gasteiger partial charge in [-0.1, -0.05) is 24.3 Å². The minimum atomic E-state index is -0.591. The topological polar surface area (TPSA) is 35.5 Å². The van der Waals surface area contributed by atoms with E-state index in [0.29, 0.717) is 13.0 Å².